The number of carbonyl (C=O) groups excluding carboxylic acids is 3. The number of esters is 1. The van der Waals surface area contributed by atoms with Crippen molar-refractivity contribution in [2.24, 2.45) is 80.8 Å². The molecule has 10 rings (SSSR count). The van der Waals surface area contributed by atoms with Gasteiger partial charge in [-0.05, 0) is 212 Å². The van der Waals surface area contributed by atoms with Crippen molar-refractivity contribution in [3.63, 3.8) is 0 Å². The number of carbonyl (C=O) groups is 4. The zero-order valence-electron chi connectivity index (χ0n) is 45.2. The second-order valence-electron chi connectivity index (χ2n) is 25.3. The second-order valence-corrected chi connectivity index (χ2v) is 25.3. The third-order valence-electron chi connectivity index (χ3n) is 21.3. The highest BCUT2D eigenvalue weighted by molar-refractivity contribution is 5.87. The number of nitrogens with zero attached hydrogens (tertiary/aromatic N) is 6. The number of fused-ring (bicyclic) bond motifs is 10. The summed E-state index contributed by atoms with van der Waals surface area (Å²) in [6, 6.07) is 0. The maximum atomic E-state index is 13.6. The van der Waals surface area contributed by atoms with E-state index in [9.17, 15) is 29.4 Å². The van der Waals surface area contributed by atoms with Gasteiger partial charge in [-0.2, -0.15) is 0 Å². The molecule has 17 nitrogen and oxygen atoms in total. The third kappa shape index (κ3) is 11.5. The molecule has 0 amide bonds. The predicted octanol–water partition coefficient (Wildman–Crippen LogP) is 8.91. The van der Waals surface area contributed by atoms with Crippen LogP contribution in [0, 0.1) is 80.8 Å². The van der Waals surface area contributed by atoms with Crippen molar-refractivity contribution < 1.29 is 53.8 Å². The molecule has 8 fully saturated rings. The zero-order valence-corrected chi connectivity index (χ0v) is 45.2. The zero-order chi connectivity index (χ0) is 52.7. The molecule has 0 aromatic carbocycles. The van der Waals surface area contributed by atoms with Gasteiger partial charge >= 0.3 is 11.9 Å². The van der Waals surface area contributed by atoms with E-state index < -0.39 is 23.1 Å². The standard InChI is InChI=1S/C28H43N3O5.C26H39N3O5.C2H6O.2CH4/c1-5-36-25(33)23-15-31(30-29-23)16-24(32)22-9-8-20-19-7-6-18-14-26(2,34)12-13-28(18,17-35-4)21(19)10-11-27(20,22)3;1-24(33)10-11-26(15-34-3)16(12-24)4-5-17-18-6-7-20(25(18,2)9-8-19(17)26)22(30)14-29-13-21(23(31)32)27-28-29;1-2-3;;/h15,18-22,34H,5-14,16-17H2,1-4H3;13,16-20,33H,4-12,14-15H2,1-3H3,(H,31,32);3H,2H2,1H3;2*1H4/t18-,19-,20-,21-,22+,26+,27-,28+;16-,17-,18-,19-,20+,24+,25-,26+;;;/m00.../s1. The fourth-order valence-electron chi connectivity index (χ4n) is 18.3. The summed E-state index contributed by atoms with van der Waals surface area (Å²) in [5.41, 5.74) is -0.810. The number of hydrogen-bond donors (Lipinski definition) is 4. The molecule has 2 aromatic heterocycles. The Kier molecular flexibility index (Phi) is 19.2. The van der Waals surface area contributed by atoms with Gasteiger partial charge in [0, 0.05) is 32.7 Å². The lowest BCUT2D eigenvalue weighted by Gasteiger charge is -2.62. The van der Waals surface area contributed by atoms with Crippen LogP contribution >= 0.6 is 0 Å². The first-order chi connectivity index (χ1) is 34.6. The second kappa shape index (κ2) is 23.8. The number of aliphatic hydroxyl groups excluding tert-OH is 1. The van der Waals surface area contributed by atoms with Crippen LogP contribution in [-0.2, 0) is 36.9 Å². The summed E-state index contributed by atoms with van der Waals surface area (Å²) < 4.78 is 19.6. The minimum absolute atomic E-state index is 0. The number of hydrogen-bond acceptors (Lipinski definition) is 14. The van der Waals surface area contributed by atoms with Crippen LogP contribution in [0.4, 0.5) is 0 Å². The van der Waals surface area contributed by atoms with E-state index in [1.165, 1.54) is 34.6 Å². The van der Waals surface area contributed by atoms with Gasteiger partial charge in [0.2, 0.25) is 0 Å². The normalized spacial score (nSPS) is 40.0. The van der Waals surface area contributed by atoms with Crippen LogP contribution in [0.2, 0.25) is 0 Å². The van der Waals surface area contributed by atoms with Gasteiger partial charge in [-0.3, -0.25) is 9.59 Å². The number of ketones is 2. The summed E-state index contributed by atoms with van der Waals surface area (Å²) in [4.78, 5) is 50.0. The van der Waals surface area contributed by atoms with E-state index >= 15 is 0 Å². The molecular weight excluding hydrogens is 957 g/mol. The number of methoxy groups -OCH3 is 2. The maximum absolute atomic E-state index is 13.6. The number of ether oxygens (including phenoxy) is 3. The minimum Gasteiger partial charge on any atom is -0.476 e. The number of aromatic carboxylic acids is 1. The van der Waals surface area contributed by atoms with Crippen LogP contribution in [0.5, 0.6) is 0 Å². The summed E-state index contributed by atoms with van der Waals surface area (Å²) >= 11 is 0. The summed E-state index contributed by atoms with van der Waals surface area (Å²) in [5.74, 6) is 3.27. The first-order valence-electron chi connectivity index (χ1n) is 27.9. The predicted molar refractivity (Wildman–Crippen MR) is 283 cm³/mol. The molecule has 2 heterocycles. The van der Waals surface area contributed by atoms with Crippen molar-refractivity contribution >= 4 is 23.5 Å². The van der Waals surface area contributed by atoms with E-state index in [0.29, 0.717) is 47.3 Å². The van der Waals surface area contributed by atoms with Crippen molar-refractivity contribution in [2.45, 2.75) is 196 Å². The monoisotopic (exact) mass is 1050 g/mol. The molecule has 8 saturated carbocycles. The maximum Gasteiger partial charge on any atom is 0.360 e. The third-order valence-corrected chi connectivity index (χ3v) is 21.3. The lowest BCUT2D eigenvalue weighted by molar-refractivity contribution is -0.175. The first kappa shape index (κ1) is 60.6. The van der Waals surface area contributed by atoms with E-state index in [0.717, 1.165) is 116 Å². The van der Waals surface area contributed by atoms with Gasteiger partial charge in [-0.1, -0.05) is 39.1 Å². The van der Waals surface area contributed by atoms with Crippen molar-refractivity contribution in [3.8, 4) is 0 Å². The van der Waals surface area contributed by atoms with Crippen molar-refractivity contribution in [1.29, 1.82) is 0 Å². The van der Waals surface area contributed by atoms with E-state index in [1.807, 2.05) is 28.1 Å². The molecule has 16 atom stereocenters. The molecule has 4 N–H and O–H groups in total. The van der Waals surface area contributed by atoms with E-state index in [4.69, 9.17) is 24.4 Å². The Hall–Kier alpha value is -3.64. The summed E-state index contributed by atoms with van der Waals surface area (Å²) in [6.07, 6.45) is 21.5. The molecule has 8 aliphatic carbocycles. The Morgan fingerprint density at radius 2 is 1.01 bits per heavy atom. The molecule has 2 aromatic rings. The summed E-state index contributed by atoms with van der Waals surface area (Å²) in [7, 11) is 3.65. The fraction of sp³-hybridized carbons (Fsp3) is 0.862. The van der Waals surface area contributed by atoms with Crippen LogP contribution in [0.3, 0.4) is 0 Å². The molecule has 0 saturated heterocycles. The van der Waals surface area contributed by atoms with Gasteiger partial charge in [-0.25, -0.2) is 19.0 Å². The topological polar surface area (TPSA) is 238 Å². The molecule has 0 bridgehead atoms. The lowest BCUT2D eigenvalue weighted by atomic mass is 9.43. The lowest BCUT2D eigenvalue weighted by Crippen LogP contribution is -2.58. The number of rotatable bonds is 13. The smallest absolute Gasteiger partial charge is 0.360 e. The van der Waals surface area contributed by atoms with E-state index in [-0.39, 0.29) is 97.6 Å². The largest absolute Gasteiger partial charge is 0.476 e. The SMILES string of the molecule is C.C.CCO.CCOC(=O)c1cn(CC(=O)[C@H]2CC[C@H]3[C@@H]4CC[C@H]5C[C@](C)(O)CC[C@]5(COC)[C@H]4CC[C@]23C)nn1.COC[C@]12CC[C@@](C)(O)C[C@@H]1CC[C@H]1[C@@H]3CC[C@H](C(=O)Cn4cc(C(=O)O)nn4)[C@@]3(C)CC[C@@H]12. The Labute approximate surface area is 447 Å². The van der Waals surface area contributed by atoms with Gasteiger partial charge in [0.25, 0.3) is 0 Å². The molecule has 0 unspecified atom stereocenters. The average molecular weight is 1050 g/mol. The Bertz CT molecular complexity index is 2280. The molecule has 0 radical (unpaired) electrons. The quantitative estimate of drug-likeness (QED) is 0.137. The van der Waals surface area contributed by atoms with Crippen LogP contribution in [0.15, 0.2) is 12.4 Å². The fourth-order valence-corrected chi connectivity index (χ4v) is 18.3. The van der Waals surface area contributed by atoms with Gasteiger partial charge < -0.3 is 34.6 Å². The van der Waals surface area contributed by atoms with Crippen LogP contribution < -0.4 is 0 Å². The summed E-state index contributed by atoms with van der Waals surface area (Å²) in [5, 5.41) is 53.7. The van der Waals surface area contributed by atoms with E-state index in [2.05, 4.69) is 34.5 Å². The molecule has 0 aliphatic heterocycles. The number of aliphatic hydroxyl groups is 3. The Morgan fingerprint density at radius 1 is 0.600 bits per heavy atom. The number of Topliss-reactive ketones (excluding diaryl/α,β-unsaturated/α-hetero) is 2. The molecule has 0 spiro atoms. The van der Waals surface area contributed by atoms with E-state index in [1.54, 1.807) is 13.8 Å². The summed E-state index contributed by atoms with van der Waals surface area (Å²) in [6.45, 7) is 14.4. The van der Waals surface area contributed by atoms with Crippen molar-refractivity contribution in [1.82, 2.24) is 30.0 Å². The molecule has 8 aliphatic rings. The van der Waals surface area contributed by atoms with Gasteiger partial charge in [0.15, 0.2) is 23.0 Å². The van der Waals surface area contributed by atoms with Crippen LogP contribution in [0.1, 0.15) is 193 Å². The first-order valence-corrected chi connectivity index (χ1v) is 27.9. The van der Waals surface area contributed by atoms with Gasteiger partial charge in [0.05, 0.1) is 43.4 Å². The highest BCUT2D eigenvalue weighted by atomic mass is 16.5. The van der Waals surface area contributed by atoms with Crippen LogP contribution in [-0.4, -0.2) is 126 Å². The highest BCUT2D eigenvalue weighted by Crippen LogP contribution is 2.70. The number of aromatic nitrogens is 6. The Balaban J connectivity index is 0.000000226. The van der Waals surface area contributed by atoms with Crippen molar-refractivity contribution in [3.05, 3.63) is 23.8 Å². The number of carboxylic acid groups (broad SMARTS) is 1. The molecular formula is C58H96N6O11. The van der Waals surface area contributed by atoms with Gasteiger partial charge in [-0.15, -0.1) is 10.2 Å². The average Bonchev–Trinajstić information content (AvgIpc) is 4.15. The van der Waals surface area contributed by atoms with Crippen LogP contribution in [0.25, 0.3) is 0 Å². The van der Waals surface area contributed by atoms with Crippen molar-refractivity contribution in [2.75, 3.05) is 40.6 Å². The molecule has 424 valence electrons. The van der Waals surface area contributed by atoms with Gasteiger partial charge in [0.1, 0.15) is 13.1 Å². The Morgan fingerprint density at radius 3 is 1.40 bits per heavy atom. The molecule has 75 heavy (non-hydrogen) atoms. The number of carboxylic acids is 1. The minimum atomic E-state index is -1.13. The molecule has 17 heteroatoms. The highest BCUT2D eigenvalue weighted by Gasteiger charge is 2.65.